The highest BCUT2D eigenvalue weighted by Crippen LogP contribution is 2.41. The van der Waals surface area contributed by atoms with E-state index in [9.17, 15) is 14.4 Å². The Hall–Kier alpha value is -2.92. The van der Waals surface area contributed by atoms with Crippen LogP contribution in [-0.2, 0) is 7.05 Å². The third-order valence-corrected chi connectivity index (χ3v) is 5.97. The molecule has 0 radical (unpaired) electrons. The van der Waals surface area contributed by atoms with Crippen molar-refractivity contribution in [2.24, 2.45) is 13.0 Å². The summed E-state index contributed by atoms with van der Waals surface area (Å²) in [6.45, 7) is 0.577. The summed E-state index contributed by atoms with van der Waals surface area (Å²) in [5.74, 6) is -0.266. The molecule has 0 saturated heterocycles. The molecule has 4 rings (SSSR count). The summed E-state index contributed by atoms with van der Waals surface area (Å²) in [5.41, 5.74) is 8.23. The number of hydrogen-bond donors (Lipinski definition) is 2. The average Bonchev–Trinajstić information content (AvgIpc) is 3.47. The van der Waals surface area contributed by atoms with Crippen LogP contribution in [0.15, 0.2) is 29.0 Å². The van der Waals surface area contributed by atoms with Gasteiger partial charge >= 0.3 is 0 Å². The Morgan fingerprint density at radius 2 is 2.25 bits per heavy atom. The second kappa shape index (κ2) is 6.91. The third kappa shape index (κ3) is 3.02. The Labute approximate surface area is 169 Å². The lowest BCUT2D eigenvalue weighted by Gasteiger charge is -2.08. The summed E-state index contributed by atoms with van der Waals surface area (Å²) in [6, 6.07) is 6.56. The monoisotopic (exact) mass is 441 g/mol. The van der Waals surface area contributed by atoms with Crippen LogP contribution < -0.4 is 11.1 Å². The Morgan fingerprint density at radius 1 is 1.50 bits per heavy atom. The molecule has 1 fully saturated rings. The van der Waals surface area contributed by atoms with E-state index in [0.717, 1.165) is 12.8 Å². The van der Waals surface area contributed by atoms with Crippen LogP contribution in [0.3, 0.4) is 0 Å². The minimum atomic E-state index is -0.613. The summed E-state index contributed by atoms with van der Waals surface area (Å²) < 4.78 is 17.1. The minimum absolute atomic E-state index is 0.00423. The second-order valence-corrected chi connectivity index (χ2v) is 7.72. The van der Waals surface area contributed by atoms with Crippen LogP contribution in [0.25, 0.3) is 22.0 Å². The number of fused-ring (bicyclic) bond motifs is 1. The van der Waals surface area contributed by atoms with E-state index in [2.05, 4.69) is 32.3 Å². The van der Waals surface area contributed by atoms with Crippen molar-refractivity contribution in [1.29, 1.82) is 5.26 Å². The number of anilines is 1. The van der Waals surface area contributed by atoms with Gasteiger partial charge in [-0.15, -0.1) is 0 Å². The first-order chi connectivity index (χ1) is 13.4. The van der Waals surface area contributed by atoms with E-state index in [1.807, 2.05) is 0 Å². The van der Waals surface area contributed by atoms with Crippen LogP contribution in [0.2, 0.25) is 0 Å². The first kappa shape index (κ1) is 18.4. The molecule has 3 N–H and O–H groups in total. The van der Waals surface area contributed by atoms with Gasteiger partial charge in [-0.05, 0) is 52.4 Å². The summed E-state index contributed by atoms with van der Waals surface area (Å²) in [5, 5.41) is 12.7. The number of aryl methyl sites for hydroxylation is 1. The SMILES string of the molecule is Cn1c(Br)c(-c2ccc(C(=O)NCC3CC3)c(F)c2)c2c(N)ncc(C#N)c21. The molecule has 1 saturated carbocycles. The number of aromatic nitrogens is 2. The minimum Gasteiger partial charge on any atom is -0.383 e. The zero-order chi connectivity index (χ0) is 20.0. The van der Waals surface area contributed by atoms with Crippen molar-refractivity contribution in [2.75, 3.05) is 12.3 Å². The smallest absolute Gasteiger partial charge is 0.254 e. The highest BCUT2D eigenvalue weighted by Gasteiger charge is 2.24. The summed E-state index contributed by atoms with van der Waals surface area (Å²) in [6.07, 6.45) is 3.63. The Morgan fingerprint density at radius 3 is 2.89 bits per heavy atom. The molecular formula is C20H17BrFN5O. The van der Waals surface area contributed by atoms with Gasteiger partial charge in [0.25, 0.3) is 5.91 Å². The van der Waals surface area contributed by atoms with E-state index in [1.165, 1.54) is 18.3 Å². The molecule has 1 aliphatic carbocycles. The molecule has 0 bridgehead atoms. The summed E-state index contributed by atoms with van der Waals surface area (Å²) >= 11 is 3.52. The lowest BCUT2D eigenvalue weighted by Crippen LogP contribution is -2.26. The summed E-state index contributed by atoms with van der Waals surface area (Å²) in [4.78, 5) is 16.3. The van der Waals surface area contributed by atoms with Gasteiger partial charge in [0.2, 0.25) is 0 Å². The molecular weight excluding hydrogens is 425 g/mol. The lowest BCUT2D eigenvalue weighted by molar-refractivity contribution is 0.0948. The molecule has 1 aliphatic rings. The van der Waals surface area contributed by atoms with Gasteiger partial charge in [0.1, 0.15) is 17.7 Å². The van der Waals surface area contributed by atoms with E-state index in [0.29, 0.717) is 44.7 Å². The number of rotatable bonds is 4. The van der Waals surface area contributed by atoms with E-state index >= 15 is 0 Å². The van der Waals surface area contributed by atoms with Gasteiger partial charge < -0.3 is 15.6 Å². The van der Waals surface area contributed by atoms with E-state index in [1.54, 1.807) is 17.7 Å². The van der Waals surface area contributed by atoms with Crippen molar-refractivity contribution in [3.63, 3.8) is 0 Å². The van der Waals surface area contributed by atoms with Gasteiger partial charge in [0.15, 0.2) is 0 Å². The third-order valence-electron chi connectivity index (χ3n) is 5.04. The van der Waals surface area contributed by atoms with E-state index in [-0.39, 0.29) is 11.4 Å². The van der Waals surface area contributed by atoms with Crippen molar-refractivity contribution in [3.05, 3.63) is 45.9 Å². The maximum atomic E-state index is 14.7. The molecule has 3 aromatic rings. The molecule has 0 aliphatic heterocycles. The summed E-state index contributed by atoms with van der Waals surface area (Å²) in [7, 11) is 1.78. The molecule has 28 heavy (non-hydrogen) atoms. The van der Waals surface area contributed by atoms with Crippen molar-refractivity contribution in [1.82, 2.24) is 14.9 Å². The lowest BCUT2D eigenvalue weighted by atomic mass is 10.0. The van der Waals surface area contributed by atoms with E-state index in [4.69, 9.17) is 5.73 Å². The molecule has 8 heteroatoms. The number of benzene rings is 1. The molecule has 0 spiro atoms. The van der Waals surface area contributed by atoms with Crippen LogP contribution in [0.1, 0.15) is 28.8 Å². The van der Waals surface area contributed by atoms with Gasteiger partial charge in [-0.25, -0.2) is 9.37 Å². The van der Waals surface area contributed by atoms with Crippen LogP contribution >= 0.6 is 15.9 Å². The van der Waals surface area contributed by atoms with Crippen molar-refractivity contribution < 1.29 is 9.18 Å². The number of nitriles is 1. The molecule has 0 atom stereocenters. The fourth-order valence-corrected chi connectivity index (χ4v) is 3.94. The Kier molecular flexibility index (Phi) is 4.55. The quantitative estimate of drug-likeness (QED) is 0.644. The fraction of sp³-hybridized carbons (Fsp3) is 0.250. The zero-order valence-corrected chi connectivity index (χ0v) is 16.7. The molecule has 142 valence electrons. The second-order valence-electron chi connectivity index (χ2n) is 6.97. The molecule has 2 aromatic heterocycles. The van der Waals surface area contributed by atoms with Crippen LogP contribution in [0.5, 0.6) is 0 Å². The van der Waals surface area contributed by atoms with E-state index < -0.39 is 11.7 Å². The number of amides is 1. The highest BCUT2D eigenvalue weighted by atomic mass is 79.9. The topological polar surface area (TPSA) is 96.7 Å². The van der Waals surface area contributed by atoms with Gasteiger partial charge in [-0.3, -0.25) is 4.79 Å². The zero-order valence-electron chi connectivity index (χ0n) is 15.1. The fourth-order valence-electron chi connectivity index (χ4n) is 3.33. The van der Waals surface area contributed by atoms with Gasteiger partial charge in [-0.2, -0.15) is 5.26 Å². The normalized spacial score (nSPS) is 13.5. The van der Waals surface area contributed by atoms with Crippen LogP contribution in [0.4, 0.5) is 10.2 Å². The van der Waals surface area contributed by atoms with Crippen molar-refractivity contribution in [3.8, 4) is 17.2 Å². The number of hydrogen-bond acceptors (Lipinski definition) is 4. The molecule has 6 nitrogen and oxygen atoms in total. The number of pyridine rings is 1. The number of carbonyl (C=O) groups is 1. The maximum absolute atomic E-state index is 14.7. The number of nitrogen functional groups attached to an aromatic ring is 1. The number of halogens is 2. The van der Waals surface area contributed by atoms with Crippen molar-refractivity contribution in [2.45, 2.75) is 12.8 Å². The number of nitrogens with one attached hydrogen (secondary N) is 1. The molecule has 0 unspecified atom stereocenters. The first-order valence-electron chi connectivity index (χ1n) is 8.83. The molecule has 2 heterocycles. The Bertz CT molecular complexity index is 1160. The van der Waals surface area contributed by atoms with Gasteiger partial charge in [-0.1, -0.05) is 6.07 Å². The predicted molar refractivity (Wildman–Crippen MR) is 108 cm³/mol. The standard InChI is InChI=1S/C20H17BrFN5O/c1-27-17-12(7-23)9-25-19(24)16(17)15(18(27)21)11-4-5-13(14(22)6-11)20(28)26-8-10-2-3-10/h4-6,9-10H,2-3,8H2,1H3,(H2,24,25)(H,26,28). The number of carbonyl (C=O) groups excluding carboxylic acids is 1. The maximum Gasteiger partial charge on any atom is 0.254 e. The van der Waals surface area contributed by atoms with Gasteiger partial charge in [0, 0.05) is 25.4 Å². The number of nitrogens with zero attached hydrogens (tertiary/aromatic N) is 3. The van der Waals surface area contributed by atoms with Gasteiger partial charge in [0.05, 0.1) is 26.6 Å². The Balaban J connectivity index is 1.80. The first-order valence-corrected chi connectivity index (χ1v) is 9.62. The molecule has 1 amide bonds. The predicted octanol–water partition coefficient (Wildman–Crippen LogP) is 3.74. The van der Waals surface area contributed by atoms with Crippen LogP contribution in [-0.4, -0.2) is 22.0 Å². The average molecular weight is 442 g/mol. The number of nitrogens with two attached hydrogens (primary N) is 1. The molecule has 1 aromatic carbocycles. The van der Waals surface area contributed by atoms with Crippen LogP contribution in [0, 0.1) is 23.1 Å². The van der Waals surface area contributed by atoms with Crippen molar-refractivity contribution >= 4 is 38.6 Å². The largest absolute Gasteiger partial charge is 0.383 e. The highest BCUT2D eigenvalue weighted by molar-refractivity contribution is 9.10.